The standard InChI is InChI=1S/C38H57N3O6S/c1-12-26-19-21-28(22-20-26)31(32(42)39-30(34(44)46-36(3,4)5)25-27-17-15-14-16-18-27)41(38(9,10)13-2)33(43)29(23-24-48-11)40-35(45)47-37(6,7)8/h14-22,29-31H,12-13,23-25H2,1-11H3,(H,39,42)(H,40,45). The molecule has 10 heteroatoms. The minimum absolute atomic E-state index is 0.199. The van der Waals surface area contributed by atoms with Gasteiger partial charge in [-0.3, -0.25) is 9.59 Å². The van der Waals surface area contributed by atoms with Crippen molar-refractivity contribution in [3.63, 3.8) is 0 Å². The maximum Gasteiger partial charge on any atom is 0.408 e. The molecule has 0 heterocycles. The molecule has 9 nitrogen and oxygen atoms in total. The number of rotatable bonds is 15. The summed E-state index contributed by atoms with van der Waals surface area (Å²) in [5, 5.41) is 5.77. The van der Waals surface area contributed by atoms with E-state index in [1.54, 1.807) is 58.2 Å². The maximum atomic E-state index is 14.8. The third-order valence-electron chi connectivity index (χ3n) is 7.86. The predicted molar refractivity (Wildman–Crippen MR) is 194 cm³/mol. The molecule has 0 aliphatic carbocycles. The first kappa shape index (κ1) is 40.6. The molecule has 2 rings (SSSR count). The number of hydrogen-bond donors (Lipinski definition) is 2. The lowest BCUT2D eigenvalue weighted by Crippen LogP contribution is -2.60. The van der Waals surface area contributed by atoms with Crippen molar-refractivity contribution in [3.05, 3.63) is 71.3 Å². The van der Waals surface area contributed by atoms with Gasteiger partial charge in [-0.2, -0.15) is 11.8 Å². The normalized spacial score (nSPS) is 13.9. The summed E-state index contributed by atoms with van der Waals surface area (Å²) in [6, 6.07) is 13.9. The Hall–Kier alpha value is -3.53. The molecule has 2 aromatic carbocycles. The third kappa shape index (κ3) is 12.8. The highest BCUT2D eigenvalue weighted by molar-refractivity contribution is 7.98. The van der Waals surface area contributed by atoms with E-state index in [1.165, 1.54) is 0 Å². The van der Waals surface area contributed by atoms with Crippen molar-refractivity contribution in [2.45, 2.75) is 130 Å². The highest BCUT2D eigenvalue weighted by atomic mass is 32.2. The molecule has 266 valence electrons. The number of ether oxygens (including phenoxy) is 2. The summed E-state index contributed by atoms with van der Waals surface area (Å²) in [4.78, 5) is 57.6. The lowest BCUT2D eigenvalue weighted by Gasteiger charge is -2.45. The second-order valence-corrected chi connectivity index (χ2v) is 15.6. The number of nitrogens with zero attached hydrogens (tertiary/aromatic N) is 1. The molecular weight excluding hydrogens is 626 g/mol. The first-order chi connectivity index (χ1) is 22.3. The van der Waals surface area contributed by atoms with Crippen LogP contribution < -0.4 is 10.6 Å². The third-order valence-corrected chi connectivity index (χ3v) is 8.50. The number of nitrogens with one attached hydrogen (secondary N) is 2. The van der Waals surface area contributed by atoms with Crippen molar-refractivity contribution in [1.29, 1.82) is 0 Å². The van der Waals surface area contributed by atoms with Crippen LogP contribution in [0.15, 0.2) is 54.6 Å². The summed E-state index contributed by atoms with van der Waals surface area (Å²) in [5.74, 6) is -0.927. The minimum atomic E-state index is -1.13. The Morgan fingerprint density at radius 2 is 1.35 bits per heavy atom. The van der Waals surface area contributed by atoms with E-state index in [9.17, 15) is 19.2 Å². The van der Waals surface area contributed by atoms with E-state index in [2.05, 4.69) is 10.6 Å². The van der Waals surface area contributed by atoms with E-state index >= 15 is 0 Å². The molecule has 0 fully saturated rings. The van der Waals surface area contributed by atoms with Gasteiger partial charge in [0.1, 0.15) is 29.3 Å². The van der Waals surface area contributed by atoms with E-state index in [0.29, 0.717) is 24.2 Å². The summed E-state index contributed by atoms with van der Waals surface area (Å²) in [6.07, 6.45) is 3.05. The van der Waals surface area contributed by atoms with Gasteiger partial charge in [-0.15, -0.1) is 0 Å². The van der Waals surface area contributed by atoms with Crippen LogP contribution in [0.3, 0.4) is 0 Å². The number of alkyl carbamates (subject to hydrolysis) is 1. The second kappa shape index (κ2) is 17.7. The Morgan fingerprint density at radius 1 is 0.771 bits per heavy atom. The second-order valence-electron chi connectivity index (χ2n) is 14.6. The molecule has 0 aliphatic rings. The molecule has 48 heavy (non-hydrogen) atoms. The summed E-state index contributed by atoms with van der Waals surface area (Å²) < 4.78 is 11.3. The molecule has 3 atom stereocenters. The summed E-state index contributed by atoms with van der Waals surface area (Å²) >= 11 is 1.55. The zero-order chi connectivity index (χ0) is 36.3. The van der Waals surface area contributed by atoms with Crippen LogP contribution in [0.25, 0.3) is 0 Å². The number of thioether (sulfide) groups is 1. The van der Waals surface area contributed by atoms with E-state index < -0.39 is 58.7 Å². The molecule has 0 saturated carbocycles. The molecule has 0 saturated heterocycles. The first-order valence-electron chi connectivity index (χ1n) is 16.8. The molecule has 3 amide bonds. The Kier molecular flexibility index (Phi) is 15.0. The predicted octanol–water partition coefficient (Wildman–Crippen LogP) is 7.02. The average Bonchev–Trinajstić information content (AvgIpc) is 2.99. The van der Waals surface area contributed by atoms with E-state index in [1.807, 2.05) is 88.5 Å². The van der Waals surface area contributed by atoms with Gasteiger partial charge in [0.2, 0.25) is 11.8 Å². The average molecular weight is 684 g/mol. The molecule has 3 unspecified atom stereocenters. The molecule has 0 bridgehead atoms. The lowest BCUT2D eigenvalue weighted by molar-refractivity contribution is -0.159. The summed E-state index contributed by atoms with van der Waals surface area (Å²) in [6.45, 7) is 18.4. The summed E-state index contributed by atoms with van der Waals surface area (Å²) in [5.41, 5.74) is 0.123. The maximum absolute atomic E-state index is 14.8. The lowest BCUT2D eigenvalue weighted by atomic mass is 9.91. The Balaban J connectivity index is 2.70. The van der Waals surface area contributed by atoms with Crippen LogP contribution in [0.5, 0.6) is 0 Å². The van der Waals surface area contributed by atoms with Crippen molar-refractivity contribution < 1.29 is 28.7 Å². The molecule has 2 aromatic rings. The number of amides is 3. The topological polar surface area (TPSA) is 114 Å². The first-order valence-corrected chi connectivity index (χ1v) is 18.2. The number of esters is 1. The zero-order valence-corrected chi connectivity index (χ0v) is 31.6. The fraction of sp³-hybridized carbons (Fsp3) is 0.579. The van der Waals surface area contributed by atoms with Crippen LogP contribution in [0.2, 0.25) is 0 Å². The number of carbonyl (C=O) groups excluding carboxylic acids is 4. The van der Waals surface area contributed by atoms with Crippen LogP contribution >= 0.6 is 11.8 Å². The van der Waals surface area contributed by atoms with Crippen LogP contribution in [-0.4, -0.2) is 69.6 Å². The molecule has 0 spiro atoms. The van der Waals surface area contributed by atoms with Crippen LogP contribution in [0.4, 0.5) is 4.79 Å². The van der Waals surface area contributed by atoms with Crippen LogP contribution in [0.1, 0.15) is 105 Å². The van der Waals surface area contributed by atoms with Gasteiger partial charge >= 0.3 is 12.1 Å². The van der Waals surface area contributed by atoms with Crippen molar-refractivity contribution in [2.24, 2.45) is 0 Å². The Labute approximate surface area is 292 Å². The number of benzene rings is 2. The van der Waals surface area contributed by atoms with Gasteiger partial charge in [-0.05, 0) is 103 Å². The molecule has 0 radical (unpaired) electrons. The Bertz CT molecular complexity index is 1350. The molecule has 0 aliphatic heterocycles. The Morgan fingerprint density at radius 3 is 1.85 bits per heavy atom. The molecule has 2 N–H and O–H groups in total. The van der Waals surface area contributed by atoms with Crippen molar-refractivity contribution in [3.8, 4) is 0 Å². The van der Waals surface area contributed by atoms with Crippen LogP contribution in [-0.2, 0) is 36.7 Å². The fourth-order valence-corrected chi connectivity index (χ4v) is 5.55. The minimum Gasteiger partial charge on any atom is -0.458 e. The van der Waals surface area contributed by atoms with E-state index in [4.69, 9.17) is 9.47 Å². The number of hydrogen-bond acceptors (Lipinski definition) is 7. The molecule has 0 aromatic heterocycles. The number of aryl methyl sites for hydroxylation is 1. The van der Waals surface area contributed by atoms with Gasteiger partial charge < -0.3 is 25.0 Å². The van der Waals surface area contributed by atoms with Gasteiger partial charge in [-0.25, -0.2) is 9.59 Å². The zero-order valence-electron chi connectivity index (χ0n) is 30.8. The van der Waals surface area contributed by atoms with Crippen LogP contribution in [0, 0.1) is 0 Å². The van der Waals surface area contributed by atoms with E-state index in [0.717, 1.165) is 17.5 Å². The fourth-order valence-electron chi connectivity index (χ4n) is 5.08. The van der Waals surface area contributed by atoms with Crippen molar-refractivity contribution in [1.82, 2.24) is 15.5 Å². The SMILES string of the molecule is CCc1ccc(C(C(=O)NC(Cc2ccccc2)C(=O)OC(C)(C)C)N(C(=O)C(CCSC)NC(=O)OC(C)(C)C)C(C)(C)CC)cc1. The summed E-state index contributed by atoms with van der Waals surface area (Å²) in [7, 11) is 0. The largest absolute Gasteiger partial charge is 0.458 e. The smallest absolute Gasteiger partial charge is 0.408 e. The van der Waals surface area contributed by atoms with Gasteiger partial charge in [-0.1, -0.05) is 68.4 Å². The highest BCUT2D eigenvalue weighted by Crippen LogP contribution is 2.33. The quantitative estimate of drug-likeness (QED) is 0.194. The van der Waals surface area contributed by atoms with Gasteiger partial charge in [0.15, 0.2) is 0 Å². The van der Waals surface area contributed by atoms with E-state index in [-0.39, 0.29) is 6.42 Å². The van der Waals surface area contributed by atoms with Crippen molar-refractivity contribution >= 4 is 35.6 Å². The number of carbonyl (C=O) groups is 4. The highest BCUT2D eigenvalue weighted by Gasteiger charge is 2.44. The van der Waals surface area contributed by atoms with Gasteiger partial charge in [0.25, 0.3) is 0 Å². The monoisotopic (exact) mass is 683 g/mol. The van der Waals surface area contributed by atoms with Crippen molar-refractivity contribution in [2.75, 3.05) is 12.0 Å². The van der Waals surface area contributed by atoms with Gasteiger partial charge in [0.05, 0.1) is 0 Å². The van der Waals surface area contributed by atoms with Gasteiger partial charge in [0, 0.05) is 12.0 Å². The molecular formula is C38H57N3O6S.